The van der Waals surface area contributed by atoms with E-state index in [0.29, 0.717) is 6.67 Å². The van der Waals surface area contributed by atoms with Crippen molar-refractivity contribution in [2.45, 2.75) is 26.2 Å². The molecular weight excluding hydrogens is 629 g/mol. The van der Waals surface area contributed by atoms with Crippen molar-refractivity contribution in [1.82, 2.24) is 19.5 Å². The third-order valence-electron chi connectivity index (χ3n) is 9.58. The Labute approximate surface area is 297 Å². The molecule has 0 N–H and O–H groups in total. The molecule has 0 saturated heterocycles. The topological polar surface area (TPSA) is 59.3 Å². The molecule has 8 aromatic rings. The van der Waals surface area contributed by atoms with Crippen LogP contribution in [0.3, 0.4) is 0 Å². The van der Waals surface area contributed by atoms with Crippen LogP contribution < -0.4 is 14.5 Å². The normalized spacial score (nSPS) is 12.8. The molecular formula is C44H36N6O. The number of aromatic nitrogens is 4. The Morgan fingerprint density at radius 3 is 2.24 bits per heavy atom. The van der Waals surface area contributed by atoms with E-state index < -0.39 is 0 Å². The molecule has 0 amide bonds. The van der Waals surface area contributed by atoms with Crippen molar-refractivity contribution in [2.24, 2.45) is 0 Å². The molecule has 7 nitrogen and oxygen atoms in total. The molecule has 0 radical (unpaired) electrons. The maximum Gasteiger partial charge on any atom is 0.158 e. The van der Waals surface area contributed by atoms with Gasteiger partial charge < -0.3 is 14.5 Å². The Kier molecular flexibility index (Phi) is 7.28. The van der Waals surface area contributed by atoms with Gasteiger partial charge in [-0.05, 0) is 83.3 Å². The smallest absolute Gasteiger partial charge is 0.158 e. The van der Waals surface area contributed by atoms with Crippen LogP contribution in [0.15, 0.2) is 152 Å². The zero-order chi connectivity index (χ0) is 34.5. The van der Waals surface area contributed by atoms with Gasteiger partial charge in [-0.25, -0.2) is 15.0 Å². The predicted octanol–water partition coefficient (Wildman–Crippen LogP) is 11.0. The summed E-state index contributed by atoms with van der Waals surface area (Å²) in [5.74, 6) is 4.12. The summed E-state index contributed by atoms with van der Waals surface area (Å²) in [4.78, 5) is 18.9. The van der Waals surface area contributed by atoms with Crippen molar-refractivity contribution in [3.63, 3.8) is 0 Å². The summed E-state index contributed by atoms with van der Waals surface area (Å²) in [6.45, 7) is 7.26. The zero-order valence-electron chi connectivity index (χ0n) is 28.7. The minimum atomic E-state index is 0.00164. The number of pyridine rings is 3. The van der Waals surface area contributed by atoms with Gasteiger partial charge >= 0.3 is 0 Å². The number of nitrogens with zero attached hydrogens (tertiary/aromatic N) is 6. The third kappa shape index (κ3) is 5.53. The van der Waals surface area contributed by atoms with Crippen molar-refractivity contribution in [3.8, 4) is 28.4 Å². The number of hydrogen-bond donors (Lipinski definition) is 0. The molecule has 0 fully saturated rings. The second-order valence-corrected chi connectivity index (χ2v) is 13.9. The summed E-state index contributed by atoms with van der Waals surface area (Å²) in [5.41, 5.74) is 7.61. The largest absolute Gasteiger partial charge is 0.457 e. The van der Waals surface area contributed by atoms with E-state index in [1.54, 1.807) is 0 Å². The van der Waals surface area contributed by atoms with E-state index in [1.165, 1.54) is 10.9 Å². The fourth-order valence-electron chi connectivity index (χ4n) is 6.96. The molecule has 4 aromatic heterocycles. The van der Waals surface area contributed by atoms with Gasteiger partial charge in [-0.2, -0.15) is 0 Å². The Balaban J connectivity index is 1.04. The van der Waals surface area contributed by atoms with Crippen LogP contribution in [0.4, 0.5) is 23.0 Å². The summed E-state index contributed by atoms with van der Waals surface area (Å²) >= 11 is 0. The molecule has 1 aliphatic rings. The van der Waals surface area contributed by atoms with E-state index in [0.717, 1.165) is 67.9 Å². The maximum absolute atomic E-state index is 6.60. The molecule has 4 aromatic carbocycles. The Hall–Kier alpha value is -6.47. The summed E-state index contributed by atoms with van der Waals surface area (Å²) in [5, 5.41) is 2.33. The summed E-state index contributed by atoms with van der Waals surface area (Å²) in [6.07, 6.45) is 5.68. The highest BCUT2D eigenvalue weighted by molar-refractivity contribution is 6.09. The highest BCUT2D eigenvalue weighted by Gasteiger charge is 2.30. The fourth-order valence-corrected chi connectivity index (χ4v) is 6.96. The van der Waals surface area contributed by atoms with Crippen LogP contribution in [0.1, 0.15) is 26.3 Å². The lowest BCUT2D eigenvalue weighted by Crippen LogP contribution is -2.24. The van der Waals surface area contributed by atoms with Gasteiger partial charge in [-0.3, -0.25) is 4.57 Å². The van der Waals surface area contributed by atoms with Crippen LogP contribution in [-0.4, -0.2) is 26.2 Å². The Bertz CT molecular complexity index is 2540. The van der Waals surface area contributed by atoms with Crippen molar-refractivity contribution < 1.29 is 4.74 Å². The van der Waals surface area contributed by atoms with Crippen LogP contribution in [0.25, 0.3) is 38.8 Å². The number of benzene rings is 4. The average Bonchev–Trinajstić information content (AvgIpc) is 3.71. The quantitative estimate of drug-likeness (QED) is 0.176. The second kappa shape index (κ2) is 12.1. The lowest BCUT2D eigenvalue weighted by Gasteiger charge is -2.21. The highest BCUT2D eigenvalue weighted by Crippen LogP contribution is 2.43. The van der Waals surface area contributed by atoms with E-state index >= 15 is 0 Å². The molecule has 9 rings (SSSR count). The molecule has 51 heavy (non-hydrogen) atoms. The lowest BCUT2D eigenvalue weighted by molar-refractivity contribution is 0.483. The molecule has 1 aliphatic heterocycles. The first-order valence-corrected chi connectivity index (χ1v) is 17.2. The monoisotopic (exact) mass is 664 g/mol. The highest BCUT2D eigenvalue weighted by atomic mass is 16.5. The molecule has 0 aliphatic carbocycles. The standard InChI is InChI=1S/C44H36N6O/c1-44(2,3)32-22-24-45-42(25-32)50-38-16-8-7-15-36(38)37-20-19-35(27-40(37)50)51-34-14-9-13-33(26-34)48-29-49(39-17-10-23-46-43(39)48)41-21-18-31(28-47-41)30-11-5-4-6-12-30/h4-28H,29H2,1-3H3. The van der Waals surface area contributed by atoms with Gasteiger partial charge in [0, 0.05) is 52.7 Å². The van der Waals surface area contributed by atoms with Crippen LogP contribution in [0.5, 0.6) is 11.5 Å². The van der Waals surface area contributed by atoms with E-state index in [2.05, 4.69) is 126 Å². The number of rotatable bonds is 6. The predicted molar refractivity (Wildman–Crippen MR) is 207 cm³/mol. The molecule has 7 heteroatoms. The first kappa shape index (κ1) is 30.6. The number of anilines is 4. The summed E-state index contributed by atoms with van der Waals surface area (Å²) < 4.78 is 8.84. The Morgan fingerprint density at radius 1 is 0.569 bits per heavy atom. The minimum absolute atomic E-state index is 0.00164. The molecule has 0 unspecified atom stereocenters. The Morgan fingerprint density at radius 2 is 1.39 bits per heavy atom. The van der Waals surface area contributed by atoms with Crippen molar-refractivity contribution in [1.29, 1.82) is 0 Å². The van der Waals surface area contributed by atoms with Crippen LogP contribution in [0, 0.1) is 0 Å². The van der Waals surface area contributed by atoms with Crippen molar-refractivity contribution >= 4 is 44.8 Å². The zero-order valence-corrected chi connectivity index (χ0v) is 28.7. The van der Waals surface area contributed by atoms with Crippen molar-refractivity contribution in [2.75, 3.05) is 16.5 Å². The molecule has 248 valence electrons. The van der Waals surface area contributed by atoms with Crippen LogP contribution >= 0.6 is 0 Å². The molecule has 0 spiro atoms. The summed E-state index contributed by atoms with van der Waals surface area (Å²) in [6, 6.07) is 45.9. The van der Waals surface area contributed by atoms with Gasteiger partial charge in [0.2, 0.25) is 0 Å². The van der Waals surface area contributed by atoms with Gasteiger partial charge in [0.1, 0.15) is 29.8 Å². The molecule has 0 saturated carbocycles. The number of fused-ring (bicyclic) bond motifs is 4. The SMILES string of the molecule is CC(C)(C)c1ccnc(-n2c3ccccc3c3ccc(Oc4cccc(N5CN(c6ccc(-c7ccccc7)cn6)c6cccnc65)c4)cc32)c1. The van der Waals surface area contributed by atoms with E-state index in [1.807, 2.05) is 61.1 Å². The number of para-hydroxylation sites is 1. The maximum atomic E-state index is 6.60. The van der Waals surface area contributed by atoms with Crippen molar-refractivity contribution in [3.05, 3.63) is 158 Å². The molecule has 0 bridgehead atoms. The van der Waals surface area contributed by atoms with E-state index in [9.17, 15) is 0 Å². The first-order chi connectivity index (χ1) is 24.9. The summed E-state index contributed by atoms with van der Waals surface area (Å²) in [7, 11) is 0. The molecule has 0 atom stereocenters. The first-order valence-electron chi connectivity index (χ1n) is 17.2. The average molecular weight is 665 g/mol. The minimum Gasteiger partial charge on any atom is -0.457 e. The van der Waals surface area contributed by atoms with Gasteiger partial charge in [0.25, 0.3) is 0 Å². The fraction of sp³-hybridized carbons (Fsp3) is 0.114. The van der Waals surface area contributed by atoms with E-state index in [-0.39, 0.29) is 5.41 Å². The third-order valence-corrected chi connectivity index (χ3v) is 9.58. The van der Waals surface area contributed by atoms with Crippen LogP contribution in [-0.2, 0) is 5.41 Å². The van der Waals surface area contributed by atoms with Crippen LogP contribution in [0.2, 0.25) is 0 Å². The second-order valence-electron chi connectivity index (χ2n) is 13.9. The lowest BCUT2D eigenvalue weighted by atomic mass is 9.88. The van der Waals surface area contributed by atoms with Gasteiger partial charge in [0.15, 0.2) is 5.82 Å². The van der Waals surface area contributed by atoms with Gasteiger partial charge in [-0.1, -0.05) is 75.4 Å². The number of ether oxygens (including phenoxy) is 1. The number of hydrogen-bond acceptors (Lipinski definition) is 6. The van der Waals surface area contributed by atoms with Gasteiger partial charge in [0.05, 0.1) is 16.7 Å². The van der Waals surface area contributed by atoms with E-state index in [4.69, 9.17) is 19.7 Å². The van der Waals surface area contributed by atoms with Gasteiger partial charge in [-0.15, -0.1) is 0 Å². The molecule has 5 heterocycles.